The Kier molecular flexibility index (Phi) is 6.98. The summed E-state index contributed by atoms with van der Waals surface area (Å²) in [5.74, 6) is -0.361. The Morgan fingerprint density at radius 2 is 1.46 bits per heavy atom. The van der Waals surface area contributed by atoms with Crippen molar-refractivity contribution in [3.63, 3.8) is 0 Å². The zero-order valence-electron chi connectivity index (χ0n) is 13.8. The van der Waals surface area contributed by atoms with E-state index in [1.807, 2.05) is 67.6 Å². The molecule has 0 spiro atoms. The van der Waals surface area contributed by atoms with E-state index in [9.17, 15) is 9.59 Å². The molecule has 5 nitrogen and oxygen atoms in total. The Hall–Kier alpha value is -2.66. The fourth-order valence-corrected chi connectivity index (χ4v) is 2.37. The molecule has 3 amide bonds. The van der Waals surface area contributed by atoms with Crippen molar-refractivity contribution >= 4 is 11.9 Å². The Balaban J connectivity index is 1.99. The normalized spacial score (nSPS) is 10.4. The summed E-state index contributed by atoms with van der Waals surface area (Å²) in [4.78, 5) is 23.5. The summed E-state index contributed by atoms with van der Waals surface area (Å²) in [6, 6.07) is 19.2. The van der Waals surface area contributed by atoms with E-state index in [1.165, 1.54) is 0 Å². The van der Waals surface area contributed by atoms with Gasteiger partial charge < -0.3 is 5.32 Å². The van der Waals surface area contributed by atoms with Crippen LogP contribution in [0.5, 0.6) is 0 Å². The molecule has 0 bridgehead atoms. The van der Waals surface area contributed by atoms with Crippen LogP contribution in [0, 0.1) is 0 Å². The van der Waals surface area contributed by atoms with Crippen molar-refractivity contribution in [1.82, 2.24) is 16.0 Å². The first-order valence-electron chi connectivity index (χ1n) is 8.11. The van der Waals surface area contributed by atoms with E-state index in [0.717, 1.165) is 17.5 Å². The highest BCUT2D eigenvalue weighted by molar-refractivity contribution is 5.95. The molecule has 126 valence electrons. The molecule has 2 aromatic rings. The van der Waals surface area contributed by atoms with Crippen LogP contribution in [0.3, 0.4) is 0 Å². The second-order valence-corrected chi connectivity index (χ2v) is 5.44. The maximum atomic E-state index is 11.9. The van der Waals surface area contributed by atoms with Gasteiger partial charge in [-0.05, 0) is 17.5 Å². The van der Waals surface area contributed by atoms with Gasteiger partial charge in [0, 0.05) is 6.54 Å². The van der Waals surface area contributed by atoms with Crippen LogP contribution in [0.25, 0.3) is 0 Å². The molecule has 0 heterocycles. The molecule has 5 heteroatoms. The van der Waals surface area contributed by atoms with Crippen molar-refractivity contribution in [2.45, 2.75) is 19.4 Å². The molecule has 0 atom stereocenters. The molecule has 24 heavy (non-hydrogen) atoms. The van der Waals surface area contributed by atoms with Gasteiger partial charge in [-0.3, -0.25) is 15.4 Å². The Morgan fingerprint density at radius 1 is 0.917 bits per heavy atom. The molecule has 0 radical (unpaired) electrons. The number of hydrogen-bond donors (Lipinski definition) is 3. The average molecular weight is 325 g/mol. The number of hydrogen-bond acceptors (Lipinski definition) is 3. The fraction of sp³-hybridized carbons (Fsp3) is 0.263. The summed E-state index contributed by atoms with van der Waals surface area (Å²) in [5, 5.41) is 8.16. The molecular weight excluding hydrogens is 302 g/mol. The van der Waals surface area contributed by atoms with Crippen molar-refractivity contribution in [3.8, 4) is 0 Å². The van der Waals surface area contributed by atoms with E-state index >= 15 is 0 Å². The Labute approximate surface area is 142 Å². The quantitative estimate of drug-likeness (QED) is 0.733. The highest BCUT2D eigenvalue weighted by Crippen LogP contribution is 2.21. The van der Waals surface area contributed by atoms with Gasteiger partial charge in [-0.25, -0.2) is 4.79 Å². The zero-order chi connectivity index (χ0) is 17.2. The lowest BCUT2D eigenvalue weighted by Crippen LogP contribution is -2.44. The van der Waals surface area contributed by atoms with Gasteiger partial charge in [0.05, 0.1) is 12.6 Å². The van der Waals surface area contributed by atoms with Crippen molar-refractivity contribution in [1.29, 1.82) is 0 Å². The van der Waals surface area contributed by atoms with Gasteiger partial charge in [-0.15, -0.1) is 0 Å². The molecule has 2 aromatic carbocycles. The van der Waals surface area contributed by atoms with Crippen LogP contribution in [0.2, 0.25) is 0 Å². The maximum absolute atomic E-state index is 11.9. The second-order valence-electron chi connectivity index (χ2n) is 5.44. The maximum Gasteiger partial charge on any atom is 0.321 e. The lowest BCUT2D eigenvalue weighted by Gasteiger charge is -2.19. The van der Waals surface area contributed by atoms with Gasteiger partial charge in [-0.1, -0.05) is 67.6 Å². The van der Waals surface area contributed by atoms with E-state index in [2.05, 4.69) is 16.0 Å². The topological polar surface area (TPSA) is 70.2 Å². The Morgan fingerprint density at radius 3 is 1.96 bits per heavy atom. The number of carbonyl (C=O) groups excluding carboxylic acids is 2. The van der Waals surface area contributed by atoms with Crippen LogP contribution in [-0.2, 0) is 4.79 Å². The number of amides is 3. The molecule has 0 aliphatic heterocycles. The van der Waals surface area contributed by atoms with Gasteiger partial charge >= 0.3 is 6.03 Å². The van der Waals surface area contributed by atoms with Crippen molar-refractivity contribution < 1.29 is 9.59 Å². The van der Waals surface area contributed by atoms with Crippen molar-refractivity contribution in [3.05, 3.63) is 71.8 Å². The minimum absolute atomic E-state index is 0.0496. The lowest BCUT2D eigenvalue weighted by molar-refractivity contribution is -0.119. The van der Waals surface area contributed by atoms with Gasteiger partial charge in [0.2, 0.25) is 5.91 Å². The van der Waals surface area contributed by atoms with Gasteiger partial charge in [0.25, 0.3) is 0 Å². The van der Waals surface area contributed by atoms with Crippen LogP contribution in [0.1, 0.15) is 30.5 Å². The monoisotopic (exact) mass is 325 g/mol. The van der Waals surface area contributed by atoms with Crippen LogP contribution >= 0.6 is 0 Å². The first-order valence-corrected chi connectivity index (χ1v) is 8.11. The predicted octanol–water partition coefficient (Wildman–Crippen LogP) is 2.60. The van der Waals surface area contributed by atoms with Crippen LogP contribution in [0.15, 0.2) is 60.7 Å². The summed E-state index contributed by atoms with van der Waals surface area (Å²) < 4.78 is 0. The summed E-state index contributed by atoms with van der Waals surface area (Å²) in [7, 11) is 0. The van der Waals surface area contributed by atoms with Gasteiger partial charge in [-0.2, -0.15) is 0 Å². The molecule has 0 saturated heterocycles. The fourth-order valence-electron chi connectivity index (χ4n) is 2.37. The lowest BCUT2D eigenvalue weighted by atomic mass is 9.99. The third kappa shape index (κ3) is 5.52. The number of urea groups is 1. The molecular formula is C19H23N3O2. The van der Waals surface area contributed by atoms with E-state index < -0.39 is 6.03 Å². The molecule has 0 unspecified atom stereocenters. The van der Waals surface area contributed by atoms with Crippen molar-refractivity contribution in [2.24, 2.45) is 0 Å². The number of imide groups is 1. The van der Waals surface area contributed by atoms with E-state index in [-0.39, 0.29) is 18.5 Å². The van der Waals surface area contributed by atoms with Crippen LogP contribution < -0.4 is 16.0 Å². The minimum Gasteiger partial charge on any atom is -0.338 e. The van der Waals surface area contributed by atoms with E-state index in [0.29, 0.717) is 6.54 Å². The van der Waals surface area contributed by atoms with E-state index in [1.54, 1.807) is 0 Å². The highest BCUT2D eigenvalue weighted by atomic mass is 16.2. The SMILES string of the molecule is CCCNC(=O)NC(=O)CNC(c1ccccc1)c1ccccc1. The molecule has 3 N–H and O–H groups in total. The molecule has 0 saturated carbocycles. The summed E-state index contributed by atoms with van der Waals surface area (Å²) in [5.41, 5.74) is 2.12. The molecule has 0 aliphatic rings. The molecule has 0 aliphatic carbocycles. The largest absolute Gasteiger partial charge is 0.338 e. The zero-order valence-corrected chi connectivity index (χ0v) is 13.8. The number of nitrogens with one attached hydrogen (secondary N) is 3. The molecule has 0 fully saturated rings. The first-order chi connectivity index (χ1) is 11.7. The second kappa shape index (κ2) is 9.47. The highest BCUT2D eigenvalue weighted by Gasteiger charge is 2.15. The van der Waals surface area contributed by atoms with Gasteiger partial charge in [0.1, 0.15) is 0 Å². The summed E-state index contributed by atoms with van der Waals surface area (Å²) in [6.45, 7) is 2.55. The minimum atomic E-state index is -0.459. The summed E-state index contributed by atoms with van der Waals surface area (Å²) in [6.07, 6.45) is 0.823. The average Bonchev–Trinajstić information content (AvgIpc) is 2.62. The Bertz CT molecular complexity index is 605. The smallest absolute Gasteiger partial charge is 0.321 e. The number of rotatable bonds is 7. The van der Waals surface area contributed by atoms with Gasteiger partial charge in [0.15, 0.2) is 0 Å². The number of carbonyl (C=O) groups is 2. The number of benzene rings is 2. The molecule has 2 rings (SSSR count). The third-order valence-electron chi connectivity index (χ3n) is 3.52. The van der Waals surface area contributed by atoms with Crippen LogP contribution in [-0.4, -0.2) is 25.0 Å². The first kappa shape index (κ1) is 17.7. The van der Waals surface area contributed by atoms with Crippen LogP contribution in [0.4, 0.5) is 4.79 Å². The van der Waals surface area contributed by atoms with E-state index in [4.69, 9.17) is 0 Å². The standard InChI is InChI=1S/C19H23N3O2/c1-2-13-20-19(24)22-17(23)14-21-18(15-9-5-3-6-10-15)16-11-7-4-8-12-16/h3-12,18,21H,2,13-14H2,1H3,(H2,20,22,23,24). The molecule has 0 aromatic heterocycles. The summed E-state index contributed by atoms with van der Waals surface area (Å²) >= 11 is 0. The predicted molar refractivity (Wildman–Crippen MR) is 94.6 cm³/mol. The third-order valence-corrected chi connectivity index (χ3v) is 3.52. The van der Waals surface area contributed by atoms with Crippen molar-refractivity contribution in [2.75, 3.05) is 13.1 Å².